The lowest BCUT2D eigenvalue weighted by Crippen LogP contribution is -1.88. The predicted octanol–water partition coefficient (Wildman–Crippen LogP) is 2.83. The van der Waals surface area contributed by atoms with Gasteiger partial charge in [-0.2, -0.15) is 4.39 Å². The van der Waals surface area contributed by atoms with E-state index in [4.69, 9.17) is 0 Å². The molecule has 3 nitrogen and oxygen atoms in total. The number of rotatable bonds is 1. The van der Waals surface area contributed by atoms with Crippen LogP contribution in [0.25, 0.3) is 22.2 Å². The van der Waals surface area contributed by atoms with E-state index in [0.717, 1.165) is 10.9 Å². The average Bonchev–Trinajstić information content (AvgIpc) is 2.38. The van der Waals surface area contributed by atoms with E-state index in [1.807, 2.05) is 18.2 Å². The van der Waals surface area contributed by atoms with Crippen LogP contribution < -0.4 is 0 Å². The van der Waals surface area contributed by atoms with Crippen LogP contribution in [0.1, 0.15) is 0 Å². The topological polar surface area (TPSA) is 38.7 Å². The Morgan fingerprint density at radius 2 is 1.94 bits per heavy atom. The molecule has 3 aromatic heterocycles. The summed E-state index contributed by atoms with van der Waals surface area (Å²) in [6, 6.07) is 8.78. The van der Waals surface area contributed by atoms with Crippen molar-refractivity contribution in [2.45, 2.75) is 0 Å². The molecule has 0 atom stereocenters. The van der Waals surface area contributed by atoms with E-state index in [9.17, 15) is 4.39 Å². The van der Waals surface area contributed by atoms with Crippen molar-refractivity contribution in [3.05, 3.63) is 54.9 Å². The Morgan fingerprint density at radius 1 is 1.00 bits per heavy atom. The van der Waals surface area contributed by atoms with Crippen LogP contribution in [-0.4, -0.2) is 15.0 Å². The van der Waals surface area contributed by atoms with Gasteiger partial charge in [-0.15, -0.1) is 0 Å². The first-order valence-corrected chi connectivity index (χ1v) is 5.16. The first-order chi connectivity index (χ1) is 8.33. The third-order valence-corrected chi connectivity index (χ3v) is 2.52. The quantitative estimate of drug-likeness (QED) is 0.598. The number of halogens is 1. The number of hydrogen-bond donors (Lipinski definition) is 0. The molecule has 0 unspecified atom stereocenters. The fraction of sp³-hybridized carbons (Fsp3) is 0. The highest BCUT2D eigenvalue weighted by molar-refractivity contribution is 5.80. The van der Waals surface area contributed by atoms with Gasteiger partial charge in [-0.25, -0.2) is 9.97 Å². The van der Waals surface area contributed by atoms with Gasteiger partial charge in [0.15, 0.2) is 0 Å². The van der Waals surface area contributed by atoms with Gasteiger partial charge in [0.2, 0.25) is 5.95 Å². The van der Waals surface area contributed by atoms with Gasteiger partial charge in [0.25, 0.3) is 0 Å². The van der Waals surface area contributed by atoms with Crippen LogP contribution in [0, 0.1) is 5.95 Å². The van der Waals surface area contributed by atoms with Crippen molar-refractivity contribution in [3.8, 4) is 11.3 Å². The smallest absolute Gasteiger partial charge is 0.213 e. The van der Waals surface area contributed by atoms with Crippen LogP contribution in [0.5, 0.6) is 0 Å². The monoisotopic (exact) mass is 225 g/mol. The summed E-state index contributed by atoms with van der Waals surface area (Å²) in [5, 5.41) is 1.01. The van der Waals surface area contributed by atoms with Gasteiger partial charge in [0.05, 0.1) is 17.4 Å². The van der Waals surface area contributed by atoms with E-state index < -0.39 is 5.95 Å². The lowest BCUT2D eigenvalue weighted by atomic mass is 10.1. The largest absolute Gasteiger partial charge is 0.262 e. The molecule has 0 bridgehead atoms. The third kappa shape index (κ3) is 1.85. The molecule has 0 aliphatic carbocycles. The van der Waals surface area contributed by atoms with Crippen molar-refractivity contribution >= 4 is 10.9 Å². The van der Waals surface area contributed by atoms with Crippen LogP contribution in [-0.2, 0) is 0 Å². The van der Waals surface area contributed by atoms with Crippen molar-refractivity contribution < 1.29 is 4.39 Å². The molecule has 0 aromatic carbocycles. The normalized spacial score (nSPS) is 10.6. The first-order valence-electron chi connectivity index (χ1n) is 5.16. The zero-order valence-electron chi connectivity index (χ0n) is 8.84. The zero-order chi connectivity index (χ0) is 11.7. The summed E-state index contributed by atoms with van der Waals surface area (Å²) in [7, 11) is 0. The first kappa shape index (κ1) is 9.84. The van der Waals surface area contributed by atoms with Crippen molar-refractivity contribution in [1.82, 2.24) is 15.0 Å². The van der Waals surface area contributed by atoms with Gasteiger partial charge in [0.1, 0.15) is 0 Å². The molecule has 0 fully saturated rings. The molecule has 3 heterocycles. The van der Waals surface area contributed by atoms with Crippen molar-refractivity contribution in [3.63, 3.8) is 0 Å². The summed E-state index contributed by atoms with van der Waals surface area (Å²) in [6.45, 7) is 0. The van der Waals surface area contributed by atoms with Crippen LogP contribution in [0.4, 0.5) is 4.39 Å². The Hall–Kier alpha value is -2.36. The van der Waals surface area contributed by atoms with Gasteiger partial charge in [-0.3, -0.25) is 4.98 Å². The number of nitrogens with zero attached hydrogens (tertiary/aromatic N) is 3. The number of hydrogen-bond acceptors (Lipinski definition) is 3. The Bertz CT molecular complexity index is 682. The van der Waals surface area contributed by atoms with Crippen molar-refractivity contribution in [2.24, 2.45) is 0 Å². The molecule has 3 rings (SSSR count). The van der Waals surface area contributed by atoms with Crippen LogP contribution in [0.15, 0.2) is 48.9 Å². The minimum absolute atomic E-state index is 0.504. The van der Waals surface area contributed by atoms with E-state index in [1.54, 1.807) is 18.5 Å². The summed E-state index contributed by atoms with van der Waals surface area (Å²) in [5.41, 5.74) is 2.22. The maximum atomic E-state index is 13.0. The number of pyridine rings is 3. The molecule has 0 N–H and O–H groups in total. The molecular formula is C13H8FN3. The Kier molecular flexibility index (Phi) is 2.26. The van der Waals surface area contributed by atoms with Gasteiger partial charge >= 0.3 is 0 Å². The molecule has 4 heteroatoms. The molecule has 0 radical (unpaired) electrons. The lowest BCUT2D eigenvalue weighted by molar-refractivity contribution is 0.584. The molecule has 0 saturated heterocycles. The molecule has 0 aliphatic rings. The highest BCUT2D eigenvalue weighted by atomic mass is 19.1. The van der Waals surface area contributed by atoms with E-state index >= 15 is 0 Å². The van der Waals surface area contributed by atoms with Crippen molar-refractivity contribution in [1.29, 1.82) is 0 Å². The molecular weight excluding hydrogens is 217 g/mol. The zero-order valence-corrected chi connectivity index (χ0v) is 8.84. The molecule has 0 spiro atoms. The Balaban J connectivity index is 2.18. The number of fused-ring (bicyclic) bond motifs is 1. The Morgan fingerprint density at radius 3 is 2.82 bits per heavy atom. The van der Waals surface area contributed by atoms with Crippen LogP contribution in [0.2, 0.25) is 0 Å². The average molecular weight is 225 g/mol. The van der Waals surface area contributed by atoms with E-state index in [0.29, 0.717) is 11.3 Å². The van der Waals surface area contributed by atoms with Gasteiger partial charge < -0.3 is 0 Å². The molecule has 17 heavy (non-hydrogen) atoms. The minimum atomic E-state index is -0.504. The second kappa shape index (κ2) is 3.90. The summed E-state index contributed by atoms with van der Waals surface area (Å²) in [5.74, 6) is -0.504. The van der Waals surface area contributed by atoms with Crippen LogP contribution in [0.3, 0.4) is 0 Å². The second-order valence-electron chi connectivity index (χ2n) is 3.63. The summed E-state index contributed by atoms with van der Waals surface area (Å²) in [6.07, 6.45) is 4.84. The fourth-order valence-corrected chi connectivity index (χ4v) is 1.69. The highest BCUT2D eigenvalue weighted by Crippen LogP contribution is 2.20. The predicted molar refractivity (Wildman–Crippen MR) is 62.7 cm³/mol. The maximum Gasteiger partial charge on any atom is 0.213 e. The van der Waals surface area contributed by atoms with E-state index in [1.165, 1.54) is 12.3 Å². The fourth-order valence-electron chi connectivity index (χ4n) is 1.69. The highest BCUT2D eigenvalue weighted by Gasteiger charge is 2.02. The van der Waals surface area contributed by atoms with Gasteiger partial charge in [-0.05, 0) is 18.2 Å². The second-order valence-corrected chi connectivity index (χ2v) is 3.63. The molecule has 0 aliphatic heterocycles. The van der Waals surface area contributed by atoms with Crippen molar-refractivity contribution in [2.75, 3.05) is 0 Å². The standard InChI is InChI=1S/C13H8FN3/c14-13-7-10(4-6-16-13)11-2-1-9-3-5-15-8-12(9)17-11/h1-8H. The van der Waals surface area contributed by atoms with Gasteiger partial charge in [-0.1, -0.05) is 6.07 Å². The number of aromatic nitrogens is 3. The Labute approximate surface area is 97.0 Å². The van der Waals surface area contributed by atoms with Crippen LogP contribution >= 0.6 is 0 Å². The molecule has 0 amide bonds. The van der Waals surface area contributed by atoms with E-state index in [2.05, 4.69) is 15.0 Å². The summed E-state index contributed by atoms with van der Waals surface area (Å²) in [4.78, 5) is 12.0. The molecule has 0 saturated carbocycles. The summed E-state index contributed by atoms with van der Waals surface area (Å²) < 4.78 is 13.0. The molecule has 3 aromatic rings. The lowest BCUT2D eigenvalue weighted by Gasteiger charge is -2.02. The minimum Gasteiger partial charge on any atom is -0.262 e. The van der Waals surface area contributed by atoms with E-state index in [-0.39, 0.29) is 0 Å². The van der Waals surface area contributed by atoms with Gasteiger partial charge in [0, 0.05) is 29.4 Å². The SMILES string of the molecule is Fc1cc(-c2ccc3ccncc3n2)ccn1. The molecule has 82 valence electrons. The maximum absolute atomic E-state index is 13.0. The summed E-state index contributed by atoms with van der Waals surface area (Å²) >= 11 is 0. The third-order valence-electron chi connectivity index (χ3n) is 2.52.